The van der Waals surface area contributed by atoms with E-state index in [1.807, 2.05) is 12.3 Å². The Hall–Kier alpha value is -0.130. The summed E-state index contributed by atoms with van der Waals surface area (Å²) in [7, 11) is 1.68. The quantitative estimate of drug-likeness (QED) is 0.705. The van der Waals surface area contributed by atoms with Gasteiger partial charge < -0.3 is 14.8 Å². The predicted octanol–water partition coefficient (Wildman–Crippen LogP) is 3.47. The zero-order valence-corrected chi connectivity index (χ0v) is 13.5. The van der Waals surface area contributed by atoms with Gasteiger partial charge in [0.15, 0.2) is 0 Å². The van der Waals surface area contributed by atoms with Crippen LogP contribution in [0.3, 0.4) is 0 Å². The number of ether oxygens (including phenoxy) is 2. The van der Waals surface area contributed by atoms with Crippen molar-refractivity contribution in [1.82, 2.24) is 5.32 Å². The van der Waals surface area contributed by atoms with Crippen molar-refractivity contribution < 1.29 is 9.47 Å². The number of rotatable bonds is 9. The second kappa shape index (κ2) is 9.72. The molecule has 1 aromatic carbocycles. The Balaban J connectivity index is 2.69. The molecule has 0 saturated carbocycles. The van der Waals surface area contributed by atoms with Crippen LogP contribution < -0.4 is 10.1 Å². The van der Waals surface area contributed by atoms with Gasteiger partial charge in [0, 0.05) is 36.5 Å². The summed E-state index contributed by atoms with van der Waals surface area (Å²) in [6.07, 6.45) is 2.04. The third-order valence-corrected chi connectivity index (χ3v) is 3.49. The third-order valence-electron chi connectivity index (χ3n) is 2.42. The maximum Gasteiger partial charge on any atom is 0.142 e. The number of nitrogens with one attached hydrogen (secondary N) is 1. The van der Waals surface area contributed by atoms with E-state index in [1.165, 1.54) is 0 Å². The maximum absolute atomic E-state index is 6.18. The SMILES string of the molecule is COCCNCc1cc(Cl)cc(Cl)c1OCCSC. The minimum absolute atomic E-state index is 0.553. The molecule has 0 heterocycles. The summed E-state index contributed by atoms with van der Waals surface area (Å²) in [6.45, 7) is 2.72. The van der Waals surface area contributed by atoms with Gasteiger partial charge in [-0.25, -0.2) is 0 Å². The van der Waals surface area contributed by atoms with Crippen molar-refractivity contribution in [3.8, 4) is 5.75 Å². The fraction of sp³-hybridized carbons (Fsp3) is 0.538. The lowest BCUT2D eigenvalue weighted by atomic mass is 10.2. The van der Waals surface area contributed by atoms with Crippen molar-refractivity contribution in [2.45, 2.75) is 6.54 Å². The molecule has 3 nitrogen and oxygen atoms in total. The van der Waals surface area contributed by atoms with E-state index in [9.17, 15) is 0 Å². The molecule has 0 radical (unpaired) electrons. The molecule has 0 spiro atoms. The van der Waals surface area contributed by atoms with Crippen LogP contribution in [0.4, 0.5) is 0 Å². The molecule has 108 valence electrons. The van der Waals surface area contributed by atoms with Crippen molar-refractivity contribution in [3.05, 3.63) is 27.7 Å². The van der Waals surface area contributed by atoms with Gasteiger partial charge >= 0.3 is 0 Å². The Morgan fingerprint density at radius 2 is 2.05 bits per heavy atom. The van der Waals surface area contributed by atoms with Gasteiger partial charge in [-0.15, -0.1) is 0 Å². The third kappa shape index (κ3) is 6.23. The van der Waals surface area contributed by atoms with Crippen molar-refractivity contribution in [1.29, 1.82) is 0 Å². The average Bonchev–Trinajstić information content (AvgIpc) is 2.37. The molecule has 0 fully saturated rings. The molecule has 1 aromatic rings. The number of hydrogen-bond acceptors (Lipinski definition) is 4. The number of methoxy groups -OCH3 is 1. The van der Waals surface area contributed by atoms with Gasteiger partial charge in [-0.05, 0) is 18.4 Å². The molecule has 1 rings (SSSR count). The first kappa shape index (κ1) is 16.9. The van der Waals surface area contributed by atoms with Crippen LogP contribution in [0.25, 0.3) is 0 Å². The van der Waals surface area contributed by atoms with Crippen LogP contribution in [-0.2, 0) is 11.3 Å². The highest BCUT2D eigenvalue weighted by molar-refractivity contribution is 7.98. The molecule has 0 aliphatic rings. The normalized spacial score (nSPS) is 10.7. The summed E-state index contributed by atoms with van der Waals surface area (Å²) < 4.78 is 10.7. The lowest BCUT2D eigenvalue weighted by Gasteiger charge is -2.14. The fourth-order valence-electron chi connectivity index (χ4n) is 1.53. The lowest BCUT2D eigenvalue weighted by molar-refractivity contribution is 0.199. The van der Waals surface area contributed by atoms with Crippen LogP contribution in [0.1, 0.15) is 5.56 Å². The largest absolute Gasteiger partial charge is 0.491 e. The number of hydrogen-bond donors (Lipinski definition) is 1. The van der Waals surface area contributed by atoms with Crippen molar-refractivity contribution in [2.24, 2.45) is 0 Å². The molecule has 19 heavy (non-hydrogen) atoms. The topological polar surface area (TPSA) is 30.5 Å². The van der Waals surface area contributed by atoms with E-state index >= 15 is 0 Å². The Labute approximate surface area is 128 Å². The van der Waals surface area contributed by atoms with E-state index in [2.05, 4.69) is 5.32 Å². The van der Waals surface area contributed by atoms with Crippen molar-refractivity contribution in [2.75, 3.05) is 38.9 Å². The highest BCUT2D eigenvalue weighted by Crippen LogP contribution is 2.32. The van der Waals surface area contributed by atoms with Crippen LogP contribution in [-0.4, -0.2) is 38.9 Å². The summed E-state index contributed by atoms with van der Waals surface area (Å²) in [5.41, 5.74) is 0.967. The van der Waals surface area contributed by atoms with E-state index in [1.54, 1.807) is 24.9 Å². The molecule has 0 amide bonds. The van der Waals surface area contributed by atoms with Gasteiger partial charge in [-0.1, -0.05) is 23.2 Å². The summed E-state index contributed by atoms with van der Waals surface area (Å²) >= 11 is 13.9. The Bertz CT molecular complexity index is 391. The van der Waals surface area contributed by atoms with E-state index in [0.717, 1.165) is 17.9 Å². The van der Waals surface area contributed by atoms with Gasteiger partial charge in [-0.2, -0.15) is 11.8 Å². The minimum atomic E-state index is 0.553. The zero-order valence-electron chi connectivity index (χ0n) is 11.2. The van der Waals surface area contributed by atoms with Gasteiger partial charge in [-0.3, -0.25) is 0 Å². The smallest absolute Gasteiger partial charge is 0.142 e. The van der Waals surface area contributed by atoms with Gasteiger partial charge in [0.1, 0.15) is 5.75 Å². The molecule has 0 aliphatic carbocycles. The monoisotopic (exact) mass is 323 g/mol. The standard InChI is InChI=1S/C13H19Cl2NO2S/c1-17-4-3-16-9-10-7-11(14)8-12(15)13(10)18-5-6-19-2/h7-8,16H,3-6,9H2,1-2H3. The minimum Gasteiger partial charge on any atom is -0.491 e. The molecular formula is C13H19Cl2NO2S. The number of halogens is 2. The van der Waals surface area contributed by atoms with Gasteiger partial charge in [0.2, 0.25) is 0 Å². The fourth-order valence-corrected chi connectivity index (χ4v) is 2.37. The summed E-state index contributed by atoms with van der Waals surface area (Å²) in [4.78, 5) is 0. The highest BCUT2D eigenvalue weighted by atomic mass is 35.5. The molecular weight excluding hydrogens is 305 g/mol. The van der Waals surface area contributed by atoms with Crippen LogP contribution in [0.2, 0.25) is 10.0 Å². The molecule has 0 aromatic heterocycles. The lowest BCUT2D eigenvalue weighted by Crippen LogP contribution is -2.19. The molecule has 1 N–H and O–H groups in total. The second-order valence-corrected chi connectivity index (χ2v) is 5.72. The first-order chi connectivity index (χ1) is 9.19. The van der Waals surface area contributed by atoms with Crippen molar-refractivity contribution >= 4 is 35.0 Å². The van der Waals surface area contributed by atoms with Crippen LogP contribution in [0, 0.1) is 0 Å². The summed E-state index contributed by atoms with van der Waals surface area (Å²) in [5.74, 6) is 1.64. The number of thioether (sulfide) groups is 1. The highest BCUT2D eigenvalue weighted by Gasteiger charge is 2.10. The van der Waals surface area contributed by atoms with Gasteiger partial charge in [0.05, 0.1) is 18.2 Å². The zero-order chi connectivity index (χ0) is 14.1. The summed E-state index contributed by atoms with van der Waals surface area (Å²) in [6, 6.07) is 3.58. The molecule has 0 saturated heterocycles. The van der Waals surface area contributed by atoms with E-state index in [4.69, 9.17) is 32.7 Å². The van der Waals surface area contributed by atoms with E-state index < -0.39 is 0 Å². The number of benzene rings is 1. The van der Waals surface area contributed by atoms with Gasteiger partial charge in [0.25, 0.3) is 0 Å². The van der Waals surface area contributed by atoms with Crippen LogP contribution in [0.5, 0.6) is 5.75 Å². The first-order valence-corrected chi connectivity index (χ1v) is 8.13. The molecule has 6 heteroatoms. The average molecular weight is 324 g/mol. The Morgan fingerprint density at radius 1 is 1.26 bits per heavy atom. The Kier molecular flexibility index (Phi) is 8.66. The molecule has 0 atom stereocenters. The Morgan fingerprint density at radius 3 is 2.74 bits per heavy atom. The van der Waals surface area contributed by atoms with E-state index in [-0.39, 0.29) is 0 Å². The molecule has 0 bridgehead atoms. The second-order valence-electron chi connectivity index (χ2n) is 3.89. The van der Waals surface area contributed by atoms with Crippen molar-refractivity contribution in [3.63, 3.8) is 0 Å². The summed E-state index contributed by atoms with van der Waals surface area (Å²) in [5, 5.41) is 4.43. The first-order valence-electron chi connectivity index (χ1n) is 5.98. The van der Waals surface area contributed by atoms with Crippen LogP contribution >= 0.6 is 35.0 Å². The maximum atomic E-state index is 6.18. The van der Waals surface area contributed by atoms with Crippen LogP contribution in [0.15, 0.2) is 12.1 Å². The predicted molar refractivity (Wildman–Crippen MR) is 83.9 cm³/mol. The van der Waals surface area contributed by atoms with E-state index in [0.29, 0.717) is 35.6 Å². The molecule has 0 unspecified atom stereocenters. The molecule has 0 aliphatic heterocycles.